The number of nitrogens with zero attached hydrogens (tertiary/aromatic N) is 1. The number of Topliss-reactive ketones (excluding diaryl/α,β-unsaturated/α-hetero) is 1. The number of likely N-dealkylation sites (tertiary alicyclic amines) is 1. The summed E-state index contributed by atoms with van der Waals surface area (Å²) in [5.74, 6) is -0.959. The first-order chi connectivity index (χ1) is 14.8. The number of hydrogen-bond acceptors (Lipinski definition) is 5. The van der Waals surface area contributed by atoms with Crippen molar-refractivity contribution in [1.82, 2.24) is 4.90 Å². The molecule has 0 spiro atoms. The fourth-order valence-electron chi connectivity index (χ4n) is 3.77. The van der Waals surface area contributed by atoms with Crippen molar-refractivity contribution in [3.63, 3.8) is 0 Å². The van der Waals surface area contributed by atoms with Crippen molar-refractivity contribution in [1.29, 1.82) is 0 Å². The van der Waals surface area contributed by atoms with E-state index in [4.69, 9.17) is 9.47 Å². The molecule has 1 saturated heterocycles. The van der Waals surface area contributed by atoms with E-state index in [1.807, 2.05) is 52.0 Å². The lowest BCUT2D eigenvalue weighted by Crippen LogP contribution is -2.33. The third-order valence-electron chi connectivity index (χ3n) is 5.22. The lowest BCUT2D eigenvalue weighted by molar-refractivity contribution is -0.140. The number of ether oxygens (including phenoxy) is 2. The highest BCUT2D eigenvalue weighted by Crippen LogP contribution is 2.40. The Morgan fingerprint density at radius 1 is 1.13 bits per heavy atom. The van der Waals surface area contributed by atoms with Crippen molar-refractivity contribution in [2.75, 3.05) is 19.8 Å². The molecule has 31 heavy (non-hydrogen) atoms. The maximum atomic E-state index is 13.1. The second kappa shape index (κ2) is 9.79. The van der Waals surface area contributed by atoms with Gasteiger partial charge in [0.25, 0.3) is 11.7 Å². The number of benzene rings is 2. The lowest BCUT2D eigenvalue weighted by Gasteiger charge is -2.26. The average Bonchev–Trinajstić information content (AvgIpc) is 2.99. The van der Waals surface area contributed by atoms with Crippen LogP contribution in [-0.2, 0) is 14.3 Å². The summed E-state index contributed by atoms with van der Waals surface area (Å²) in [7, 11) is 0. The summed E-state index contributed by atoms with van der Waals surface area (Å²) in [5.41, 5.74) is 2.24. The summed E-state index contributed by atoms with van der Waals surface area (Å²) >= 11 is 0. The summed E-state index contributed by atoms with van der Waals surface area (Å²) in [6, 6.07) is 13.8. The average molecular weight is 424 g/mol. The SMILES string of the molecule is CCOc1cccc(/C(O)=C2\C(=O)C(=O)N(CCOC(C)C)C2c2ccccc2C)c1. The standard InChI is InChI=1S/C25H29NO5/c1-5-30-19-11-8-10-18(15-19)23(27)21-22(20-12-7-6-9-17(20)4)26(25(29)24(21)28)13-14-31-16(2)3/h6-12,15-16,22,27H,5,13-14H2,1-4H3/b23-21+. The summed E-state index contributed by atoms with van der Waals surface area (Å²) in [4.78, 5) is 27.5. The van der Waals surface area contributed by atoms with Crippen molar-refractivity contribution < 1.29 is 24.2 Å². The normalized spacial score (nSPS) is 18.1. The van der Waals surface area contributed by atoms with Gasteiger partial charge in [0, 0.05) is 12.1 Å². The number of aryl methyl sites for hydroxylation is 1. The smallest absolute Gasteiger partial charge is 0.295 e. The van der Waals surface area contributed by atoms with Crippen LogP contribution in [0.3, 0.4) is 0 Å². The molecule has 1 N–H and O–H groups in total. The van der Waals surface area contributed by atoms with Crippen molar-refractivity contribution in [2.45, 2.75) is 39.8 Å². The van der Waals surface area contributed by atoms with E-state index < -0.39 is 17.7 Å². The largest absolute Gasteiger partial charge is 0.507 e. The quantitative estimate of drug-likeness (QED) is 0.390. The Balaban J connectivity index is 2.11. The van der Waals surface area contributed by atoms with Crippen LogP contribution in [0.2, 0.25) is 0 Å². The molecule has 6 heteroatoms. The Morgan fingerprint density at radius 2 is 1.87 bits per heavy atom. The number of carbonyl (C=O) groups excluding carboxylic acids is 2. The Kier molecular flexibility index (Phi) is 7.13. The summed E-state index contributed by atoms with van der Waals surface area (Å²) in [6.45, 7) is 8.65. The van der Waals surface area contributed by atoms with Crippen molar-refractivity contribution in [3.8, 4) is 5.75 Å². The minimum Gasteiger partial charge on any atom is -0.507 e. The molecule has 1 heterocycles. The molecule has 0 saturated carbocycles. The first-order valence-electron chi connectivity index (χ1n) is 10.5. The zero-order valence-corrected chi connectivity index (χ0v) is 18.4. The number of rotatable bonds is 8. The van der Waals surface area contributed by atoms with Crippen molar-refractivity contribution in [2.24, 2.45) is 0 Å². The molecule has 1 unspecified atom stereocenters. The number of ketones is 1. The first kappa shape index (κ1) is 22.6. The van der Waals surface area contributed by atoms with Crippen molar-refractivity contribution in [3.05, 3.63) is 70.8 Å². The van der Waals surface area contributed by atoms with Crippen LogP contribution in [0, 0.1) is 6.92 Å². The van der Waals surface area contributed by atoms with Gasteiger partial charge in [-0.1, -0.05) is 36.4 Å². The fourth-order valence-corrected chi connectivity index (χ4v) is 3.77. The molecule has 1 aliphatic heterocycles. The highest BCUT2D eigenvalue weighted by Gasteiger charge is 2.46. The Hall–Kier alpha value is -3.12. The number of carbonyl (C=O) groups is 2. The van der Waals surface area contributed by atoms with Gasteiger partial charge in [-0.05, 0) is 51.0 Å². The molecule has 3 rings (SSSR count). The van der Waals surface area contributed by atoms with E-state index in [2.05, 4.69) is 0 Å². The maximum Gasteiger partial charge on any atom is 0.295 e. The molecule has 6 nitrogen and oxygen atoms in total. The van der Waals surface area contributed by atoms with Gasteiger partial charge in [0.2, 0.25) is 0 Å². The Morgan fingerprint density at radius 3 is 2.55 bits per heavy atom. The predicted molar refractivity (Wildman–Crippen MR) is 119 cm³/mol. The van der Waals surface area contributed by atoms with Gasteiger partial charge in [-0.3, -0.25) is 9.59 Å². The van der Waals surface area contributed by atoms with E-state index in [0.29, 0.717) is 24.5 Å². The van der Waals surface area contributed by atoms with Gasteiger partial charge in [0.05, 0.1) is 30.9 Å². The van der Waals surface area contributed by atoms with Crippen LogP contribution in [0.15, 0.2) is 54.1 Å². The number of amides is 1. The topological polar surface area (TPSA) is 76.1 Å². The molecule has 0 aliphatic carbocycles. The van der Waals surface area contributed by atoms with Gasteiger partial charge in [-0.25, -0.2) is 0 Å². The Bertz CT molecular complexity index is 995. The molecule has 0 bridgehead atoms. The maximum absolute atomic E-state index is 13.1. The zero-order valence-electron chi connectivity index (χ0n) is 18.4. The highest BCUT2D eigenvalue weighted by atomic mass is 16.5. The molecule has 1 fully saturated rings. The summed E-state index contributed by atoms with van der Waals surface area (Å²) in [5, 5.41) is 11.1. The second-order valence-corrected chi connectivity index (χ2v) is 7.73. The van der Waals surface area contributed by atoms with E-state index in [9.17, 15) is 14.7 Å². The van der Waals surface area contributed by atoms with Gasteiger partial charge in [0.1, 0.15) is 11.5 Å². The fraction of sp³-hybridized carbons (Fsp3) is 0.360. The first-order valence-corrected chi connectivity index (χ1v) is 10.5. The summed E-state index contributed by atoms with van der Waals surface area (Å²) < 4.78 is 11.1. The predicted octanol–water partition coefficient (Wildman–Crippen LogP) is 4.24. The van der Waals surface area contributed by atoms with Gasteiger partial charge in [0.15, 0.2) is 0 Å². The van der Waals surface area contributed by atoms with Crippen LogP contribution in [0.1, 0.15) is 43.5 Å². The molecule has 1 amide bonds. The van der Waals surface area contributed by atoms with Crippen LogP contribution in [0.4, 0.5) is 0 Å². The molecule has 1 aliphatic rings. The van der Waals surface area contributed by atoms with Crippen LogP contribution >= 0.6 is 0 Å². The highest BCUT2D eigenvalue weighted by molar-refractivity contribution is 6.46. The zero-order chi connectivity index (χ0) is 22.5. The summed E-state index contributed by atoms with van der Waals surface area (Å²) in [6.07, 6.45) is 0.00930. The van der Waals surface area contributed by atoms with Crippen LogP contribution in [-0.4, -0.2) is 47.6 Å². The second-order valence-electron chi connectivity index (χ2n) is 7.73. The van der Waals surface area contributed by atoms with Crippen molar-refractivity contribution >= 4 is 17.4 Å². The molecule has 2 aromatic carbocycles. The van der Waals surface area contributed by atoms with Crippen LogP contribution < -0.4 is 4.74 Å². The molecule has 0 aromatic heterocycles. The third-order valence-corrected chi connectivity index (χ3v) is 5.22. The molecule has 0 radical (unpaired) electrons. The molecule has 2 aromatic rings. The van der Waals surface area contributed by atoms with E-state index in [-0.39, 0.29) is 24.0 Å². The Labute approximate surface area is 183 Å². The third kappa shape index (κ3) is 4.80. The van der Waals surface area contributed by atoms with E-state index >= 15 is 0 Å². The monoisotopic (exact) mass is 423 g/mol. The van der Waals surface area contributed by atoms with Gasteiger partial charge < -0.3 is 19.5 Å². The van der Waals surface area contributed by atoms with Crippen LogP contribution in [0.25, 0.3) is 5.76 Å². The minimum atomic E-state index is -0.697. The molecule has 1 atom stereocenters. The van der Waals surface area contributed by atoms with Gasteiger partial charge in [-0.15, -0.1) is 0 Å². The van der Waals surface area contributed by atoms with E-state index in [1.54, 1.807) is 24.3 Å². The number of aliphatic hydroxyl groups excluding tert-OH is 1. The number of aliphatic hydroxyl groups is 1. The minimum absolute atomic E-state index is 0.00930. The molecular weight excluding hydrogens is 394 g/mol. The van der Waals surface area contributed by atoms with E-state index in [0.717, 1.165) is 11.1 Å². The lowest BCUT2D eigenvalue weighted by atomic mass is 9.92. The van der Waals surface area contributed by atoms with Crippen LogP contribution in [0.5, 0.6) is 5.75 Å². The van der Waals surface area contributed by atoms with Gasteiger partial charge >= 0.3 is 0 Å². The van der Waals surface area contributed by atoms with E-state index in [1.165, 1.54) is 4.90 Å². The van der Waals surface area contributed by atoms with Gasteiger partial charge in [-0.2, -0.15) is 0 Å². The number of hydrogen-bond donors (Lipinski definition) is 1. The molecule has 164 valence electrons. The molecular formula is C25H29NO5.